The summed E-state index contributed by atoms with van der Waals surface area (Å²) < 4.78 is 1.04. The van der Waals surface area contributed by atoms with Gasteiger partial charge in [0.25, 0.3) is 0 Å². The predicted octanol–water partition coefficient (Wildman–Crippen LogP) is 3.33. The fourth-order valence-electron chi connectivity index (χ4n) is 3.10. The molecule has 1 aliphatic rings. The van der Waals surface area contributed by atoms with E-state index < -0.39 is 0 Å². The first-order valence-corrected chi connectivity index (χ1v) is 8.08. The third kappa shape index (κ3) is 3.61. The van der Waals surface area contributed by atoms with Gasteiger partial charge in [-0.3, -0.25) is 9.69 Å². The average Bonchev–Trinajstić information content (AvgIpc) is 2.75. The van der Waals surface area contributed by atoms with E-state index in [1.165, 1.54) is 12.8 Å². The van der Waals surface area contributed by atoms with Crippen LogP contribution in [0, 0.1) is 0 Å². The summed E-state index contributed by atoms with van der Waals surface area (Å²) >= 11 is 3.45. The molecule has 3 unspecified atom stereocenters. The van der Waals surface area contributed by atoms with Crippen LogP contribution in [0.15, 0.2) is 28.7 Å². The van der Waals surface area contributed by atoms with Crippen molar-refractivity contribution in [1.29, 1.82) is 0 Å². The molecular formula is C16H23BrN2O. The van der Waals surface area contributed by atoms with E-state index in [4.69, 9.17) is 0 Å². The Morgan fingerprint density at radius 3 is 2.65 bits per heavy atom. The molecule has 3 nitrogen and oxygen atoms in total. The second-order valence-corrected chi connectivity index (χ2v) is 6.66. The number of rotatable bonds is 4. The molecule has 0 radical (unpaired) electrons. The van der Waals surface area contributed by atoms with Gasteiger partial charge >= 0.3 is 0 Å². The van der Waals surface area contributed by atoms with Crippen LogP contribution in [-0.2, 0) is 11.3 Å². The van der Waals surface area contributed by atoms with Gasteiger partial charge in [-0.05, 0) is 51.3 Å². The van der Waals surface area contributed by atoms with Gasteiger partial charge in [0.2, 0.25) is 5.91 Å². The molecule has 0 saturated carbocycles. The molecule has 0 bridgehead atoms. The molecule has 1 N–H and O–H groups in total. The molecule has 1 aliphatic heterocycles. The SMILES string of the molecule is CC1CCC(C)N1C(C)C(=O)NCc1cccc(Br)c1. The van der Waals surface area contributed by atoms with E-state index in [2.05, 4.69) is 40.0 Å². The normalized spacial score (nSPS) is 24.6. The number of amides is 1. The Labute approximate surface area is 129 Å². The lowest BCUT2D eigenvalue weighted by Gasteiger charge is -2.31. The molecule has 4 heteroatoms. The van der Waals surface area contributed by atoms with Crippen molar-refractivity contribution in [2.45, 2.75) is 58.3 Å². The smallest absolute Gasteiger partial charge is 0.237 e. The molecule has 1 fully saturated rings. The molecule has 2 rings (SSSR count). The molecule has 0 aliphatic carbocycles. The van der Waals surface area contributed by atoms with Gasteiger partial charge in [0.1, 0.15) is 0 Å². The molecule has 1 saturated heterocycles. The van der Waals surface area contributed by atoms with Gasteiger partial charge in [-0.15, -0.1) is 0 Å². The van der Waals surface area contributed by atoms with Crippen LogP contribution in [0.5, 0.6) is 0 Å². The predicted molar refractivity (Wildman–Crippen MR) is 85.4 cm³/mol. The lowest BCUT2D eigenvalue weighted by Crippen LogP contribution is -2.48. The van der Waals surface area contributed by atoms with Crippen molar-refractivity contribution in [3.05, 3.63) is 34.3 Å². The van der Waals surface area contributed by atoms with Crippen molar-refractivity contribution in [1.82, 2.24) is 10.2 Å². The number of hydrogen-bond donors (Lipinski definition) is 1. The summed E-state index contributed by atoms with van der Waals surface area (Å²) in [5.41, 5.74) is 1.11. The number of halogens is 1. The standard InChI is InChI=1S/C16H23BrN2O/c1-11-7-8-12(2)19(11)13(3)16(20)18-10-14-5-4-6-15(17)9-14/h4-6,9,11-13H,7-8,10H2,1-3H3,(H,18,20). The van der Waals surface area contributed by atoms with Gasteiger partial charge < -0.3 is 5.32 Å². The number of benzene rings is 1. The van der Waals surface area contributed by atoms with Crippen molar-refractivity contribution in [2.24, 2.45) is 0 Å². The molecule has 1 aromatic rings. The highest BCUT2D eigenvalue weighted by atomic mass is 79.9. The maximum atomic E-state index is 12.3. The monoisotopic (exact) mass is 338 g/mol. The lowest BCUT2D eigenvalue weighted by atomic mass is 10.2. The second kappa shape index (κ2) is 6.72. The molecule has 1 amide bonds. The van der Waals surface area contributed by atoms with Crippen molar-refractivity contribution in [3.63, 3.8) is 0 Å². The van der Waals surface area contributed by atoms with Crippen LogP contribution >= 0.6 is 15.9 Å². The quantitative estimate of drug-likeness (QED) is 0.913. The fraction of sp³-hybridized carbons (Fsp3) is 0.562. The minimum absolute atomic E-state index is 0.0605. The molecule has 3 atom stereocenters. The van der Waals surface area contributed by atoms with Crippen LogP contribution in [0.4, 0.5) is 0 Å². The fourth-order valence-corrected chi connectivity index (χ4v) is 3.54. The van der Waals surface area contributed by atoms with Crippen LogP contribution < -0.4 is 5.32 Å². The van der Waals surface area contributed by atoms with Gasteiger partial charge in [0, 0.05) is 23.1 Å². The van der Waals surface area contributed by atoms with E-state index in [0.717, 1.165) is 10.0 Å². The third-order valence-electron chi connectivity index (χ3n) is 4.20. The van der Waals surface area contributed by atoms with E-state index in [-0.39, 0.29) is 11.9 Å². The van der Waals surface area contributed by atoms with E-state index >= 15 is 0 Å². The van der Waals surface area contributed by atoms with Gasteiger partial charge in [-0.25, -0.2) is 0 Å². The number of carbonyl (C=O) groups excluding carboxylic acids is 1. The van der Waals surface area contributed by atoms with Crippen LogP contribution in [0.2, 0.25) is 0 Å². The Morgan fingerprint density at radius 2 is 2.05 bits per heavy atom. The summed E-state index contributed by atoms with van der Waals surface area (Å²) in [5, 5.41) is 3.04. The van der Waals surface area contributed by atoms with Crippen molar-refractivity contribution in [2.75, 3.05) is 0 Å². The Kier molecular flexibility index (Phi) is 5.22. The Hall–Kier alpha value is -0.870. The Balaban J connectivity index is 1.91. The number of likely N-dealkylation sites (tertiary alicyclic amines) is 1. The van der Waals surface area contributed by atoms with Crippen molar-refractivity contribution >= 4 is 21.8 Å². The highest BCUT2D eigenvalue weighted by Gasteiger charge is 2.34. The van der Waals surface area contributed by atoms with Gasteiger partial charge in [0.05, 0.1) is 6.04 Å². The van der Waals surface area contributed by atoms with Crippen LogP contribution in [0.25, 0.3) is 0 Å². The molecule has 110 valence electrons. The zero-order chi connectivity index (χ0) is 14.7. The minimum Gasteiger partial charge on any atom is -0.351 e. The highest BCUT2D eigenvalue weighted by Crippen LogP contribution is 2.25. The Morgan fingerprint density at radius 1 is 1.40 bits per heavy atom. The largest absolute Gasteiger partial charge is 0.351 e. The highest BCUT2D eigenvalue weighted by molar-refractivity contribution is 9.10. The van der Waals surface area contributed by atoms with Crippen LogP contribution in [0.3, 0.4) is 0 Å². The Bertz CT molecular complexity index is 467. The topological polar surface area (TPSA) is 32.3 Å². The number of nitrogens with one attached hydrogen (secondary N) is 1. The maximum Gasteiger partial charge on any atom is 0.237 e. The lowest BCUT2D eigenvalue weighted by molar-refractivity contribution is -0.127. The first-order valence-electron chi connectivity index (χ1n) is 7.28. The number of nitrogens with zero attached hydrogens (tertiary/aromatic N) is 1. The van der Waals surface area contributed by atoms with Gasteiger partial charge in [-0.1, -0.05) is 28.1 Å². The summed E-state index contributed by atoms with van der Waals surface area (Å²) in [5.74, 6) is 0.116. The summed E-state index contributed by atoms with van der Waals surface area (Å²) in [7, 11) is 0. The molecule has 0 aromatic heterocycles. The van der Waals surface area contributed by atoms with E-state index in [0.29, 0.717) is 18.6 Å². The maximum absolute atomic E-state index is 12.3. The summed E-state index contributed by atoms with van der Waals surface area (Å²) in [6.45, 7) is 7.01. The molecular weight excluding hydrogens is 316 g/mol. The van der Waals surface area contributed by atoms with E-state index in [1.54, 1.807) is 0 Å². The zero-order valence-electron chi connectivity index (χ0n) is 12.4. The van der Waals surface area contributed by atoms with Crippen molar-refractivity contribution < 1.29 is 4.79 Å². The summed E-state index contributed by atoms with van der Waals surface area (Å²) in [4.78, 5) is 14.6. The first kappa shape index (κ1) is 15.5. The van der Waals surface area contributed by atoms with Crippen LogP contribution in [-0.4, -0.2) is 28.9 Å². The van der Waals surface area contributed by atoms with Crippen molar-refractivity contribution in [3.8, 4) is 0 Å². The molecule has 0 spiro atoms. The number of hydrogen-bond acceptors (Lipinski definition) is 2. The number of carbonyl (C=O) groups is 1. The van der Waals surface area contributed by atoms with E-state index in [1.807, 2.05) is 31.2 Å². The molecule has 20 heavy (non-hydrogen) atoms. The van der Waals surface area contributed by atoms with E-state index in [9.17, 15) is 4.79 Å². The minimum atomic E-state index is -0.0605. The zero-order valence-corrected chi connectivity index (χ0v) is 14.0. The molecule has 1 aromatic carbocycles. The van der Waals surface area contributed by atoms with Crippen LogP contribution in [0.1, 0.15) is 39.2 Å². The molecule has 1 heterocycles. The summed E-state index contributed by atoms with van der Waals surface area (Å²) in [6, 6.07) is 8.96. The summed E-state index contributed by atoms with van der Waals surface area (Å²) in [6.07, 6.45) is 2.37. The first-order chi connectivity index (χ1) is 9.49. The average molecular weight is 339 g/mol. The van der Waals surface area contributed by atoms with Gasteiger partial charge in [0.15, 0.2) is 0 Å². The van der Waals surface area contributed by atoms with Gasteiger partial charge in [-0.2, -0.15) is 0 Å². The third-order valence-corrected chi connectivity index (χ3v) is 4.70. The second-order valence-electron chi connectivity index (χ2n) is 5.75.